The van der Waals surface area contributed by atoms with Crippen molar-refractivity contribution in [3.63, 3.8) is 0 Å². The summed E-state index contributed by atoms with van der Waals surface area (Å²) in [5.41, 5.74) is 1.52. The quantitative estimate of drug-likeness (QED) is 0.717. The van der Waals surface area contributed by atoms with Crippen LogP contribution in [0.5, 0.6) is 5.75 Å². The summed E-state index contributed by atoms with van der Waals surface area (Å²) in [5, 5.41) is 3.58. The Balaban J connectivity index is 2.48. The molecular formula is C11H9NO3. The van der Waals surface area contributed by atoms with Crippen LogP contribution in [-0.2, 0) is 0 Å². The van der Waals surface area contributed by atoms with Crippen LogP contribution in [0.1, 0.15) is 10.6 Å². The molecule has 0 saturated heterocycles. The Morgan fingerprint density at radius 2 is 2.33 bits per heavy atom. The van der Waals surface area contributed by atoms with Crippen molar-refractivity contribution in [3.05, 3.63) is 36.2 Å². The highest BCUT2D eigenvalue weighted by Crippen LogP contribution is 2.25. The number of nitrogens with zero attached hydrogens (tertiary/aromatic N) is 1. The van der Waals surface area contributed by atoms with Crippen LogP contribution in [0.15, 0.2) is 35.0 Å². The molecule has 1 aromatic carbocycles. The van der Waals surface area contributed by atoms with Gasteiger partial charge in [0, 0.05) is 0 Å². The van der Waals surface area contributed by atoms with Crippen LogP contribution >= 0.6 is 0 Å². The molecule has 15 heavy (non-hydrogen) atoms. The smallest absolute Gasteiger partial charge is 0.207 e. The van der Waals surface area contributed by atoms with Gasteiger partial charge in [-0.1, -0.05) is 17.3 Å². The van der Waals surface area contributed by atoms with E-state index in [1.165, 1.54) is 6.20 Å². The molecule has 0 aliphatic rings. The molecule has 0 bridgehead atoms. The molecule has 2 rings (SSSR count). The van der Waals surface area contributed by atoms with Gasteiger partial charge in [-0.2, -0.15) is 0 Å². The topological polar surface area (TPSA) is 52.3 Å². The largest absolute Gasteiger partial charge is 0.497 e. The Hall–Kier alpha value is -2.10. The van der Waals surface area contributed by atoms with Crippen molar-refractivity contribution >= 4 is 6.29 Å². The van der Waals surface area contributed by atoms with Gasteiger partial charge in [-0.05, 0) is 17.7 Å². The molecule has 0 aliphatic heterocycles. The molecule has 1 heterocycles. The minimum absolute atomic E-state index is 0.225. The molecule has 0 unspecified atom stereocenters. The van der Waals surface area contributed by atoms with E-state index in [-0.39, 0.29) is 5.76 Å². The second-order valence-corrected chi connectivity index (χ2v) is 2.95. The van der Waals surface area contributed by atoms with Gasteiger partial charge in [0.25, 0.3) is 0 Å². The molecule has 4 nitrogen and oxygen atoms in total. The standard InChI is InChI=1S/C11H9NO3/c1-14-9-4-2-3-8(5-9)10-6-12-15-11(10)7-13/h2-7H,1H3. The van der Waals surface area contributed by atoms with Crippen LogP contribution in [0, 0.1) is 0 Å². The van der Waals surface area contributed by atoms with E-state index in [1.54, 1.807) is 7.11 Å². The number of aromatic nitrogens is 1. The molecule has 0 amide bonds. The first-order valence-electron chi connectivity index (χ1n) is 4.39. The lowest BCUT2D eigenvalue weighted by Gasteiger charge is -2.01. The molecule has 4 heteroatoms. The number of aldehydes is 1. The van der Waals surface area contributed by atoms with E-state index in [1.807, 2.05) is 24.3 Å². The molecule has 0 saturated carbocycles. The third-order valence-corrected chi connectivity index (χ3v) is 2.09. The fraction of sp³-hybridized carbons (Fsp3) is 0.0909. The SMILES string of the molecule is COc1cccc(-c2cnoc2C=O)c1. The van der Waals surface area contributed by atoms with Crippen LogP contribution < -0.4 is 4.74 Å². The Morgan fingerprint density at radius 1 is 1.47 bits per heavy atom. The van der Waals surface area contributed by atoms with Gasteiger partial charge in [-0.15, -0.1) is 0 Å². The fourth-order valence-electron chi connectivity index (χ4n) is 1.34. The highest BCUT2D eigenvalue weighted by Gasteiger charge is 2.09. The first-order valence-corrected chi connectivity index (χ1v) is 4.39. The van der Waals surface area contributed by atoms with Crippen molar-refractivity contribution in [3.8, 4) is 16.9 Å². The summed E-state index contributed by atoms with van der Waals surface area (Å²) in [6, 6.07) is 7.36. The van der Waals surface area contributed by atoms with Crippen molar-refractivity contribution in [2.24, 2.45) is 0 Å². The Morgan fingerprint density at radius 3 is 3.07 bits per heavy atom. The minimum atomic E-state index is 0.225. The molecule has 1 aromatic heterocycles. The van der Waals surface area contributed by atoms with E-state index in [4.69, 9.17) is 9.26 Å². The summed E-state index contributed by atoms with van der Waals surface area (Å²) < 4.78 is 9.87. The number of hydrogen-bond acceptors (Lipinski definition) is 4. The number of rotatable bonds is 3. The molecule has 0 aliphatic carbocycles. The van der Waals surface area contributed by atoms with E-state index >= 15 is 0 Å². The van der Waals surface area contributed by atoms with Crippen LogP contribution in [0.2, 0.25) is 0 Å². The zero-order valence-electron chi connectivity index (χ0n) is 8.14. The zero-order chi connectivity index (χ0) is 10.7. The third-order valence-electron chi connectivity index (χ3n) is 2.09. The second-order valence-electron chi connectivity index (χ2n) is 2.95. The van der Waals surface area contributed by atoms with Crippen molar-refractivity contribution in [1.82, 2.24) is 5.16 Å². The lowest BCUT2D eigenvalue weighted by molar-refractivity contribution is 0.109. The number of hydrogen-bond donors (Lipinski definition) is 0. The van der Waals surface area contributed by atoms with Gasteiger partial charge in [0.15, 0.2) is 6.29 Å². The van der Waals surface area contributed by atoms with E-state index in [2.05, 4.69) is 5.16 Å². The maximum Gasteiger partial charge on any atom is 0.207 e. The molecule has 0 fully saturated rings. The van der Waals surface area contributed by atoms with Gasteiger partial charge in [0.2, 0.25) is 5.76 Å². The Kier molecular flexibility index (Phi) is 2.49. The average molecular weight is 203 g/mol. The zero-order valence-corrected chi connectivity index (χ0v) is 8.14. The summed E-state index contributed by atoms with van der Waals surface area (Å²) in [5.74, 6) is 0.953. The van der Waals surface area contributed by atoms with Crippen LogP contribution in [0.4, 0.5) is 0 Å². The maximum atomic E-state index is 10.7. The Labute approximate surface area is 86.5 Å². The van der Waals surface area contributed by atoms with E-state index < -0.39 is 0 Å². The van der Waals surface area contributed by atoms with Crippen molar-refractivity contribution in [2.75, 3.05) is 7.11 Å². The maximum absolute atomic E-state index is 10.7. The third kappa shape index (κ3) is 1.74. The number of ether oxygens (including phenoxy) is 1. The van der Waals surface area contributed by atoms with Crippen LogP contribution in [0.3, 0.4) is 0 Å². The highest BCUT2D eigenvalue weighted by atomic mass is 16.5. The van der Waals surface area contributed by atoms with E-state index in [0.717, 1.165) is 11.3 Å². The number of carbonyl (C=O) groups excluding carboxylic acids is 1. The second kappa shape index (κ2) is 3.96. The molecular weight excluding hydrogens is 194 g/mol. The van der Waals surface area contributed by atoms with Crippen molar-refractivity contribution in [1.29, 1.82) is 0 Å². The normalized spacial score (nSPS) is 9.93. The lowest BCUT2D eigenvalue weighted by atomic mass is 10.1. The molecule has 0 spiro atoms. The molecule has 2 aromatic rings. The summed E-state index contributed by atoms with van der Waals surface area (Å²) >= 11 is 0. The average Bonchev–Trinajstić information content (AvgIpc) is 2.77. The van der Waals surface area contributed by atoms with Gasteiger partial charge in [-0.3, -0.25) is 4.79 Å². The van der Waals surface area contributed by atoms with Crippen molar-refractivity contribution < 1.29 is 14.1 Å². The van der Waals surface area contributed by atoms with Gasteiger partial charge >= 0.3 is 0 Å². The van der Waals surface area contributed by atoms with Gasteiger partial charge < -0.3 is 9.26 Å². The summed E-state index contributed by atoms with van der Waals surface area (Å²) in [6.45, 7) is 0. The fourth-order valence-corrected chi connectivity index (χ4v) is 1.34. The summed E-state index contributed by atoms with van der Waals surface area (Å²) in [4.78, 5) is 10.7. The molecule has 0 atom stereocenters. The van der Waals surface area contributed by atoms with E-state index in [0.29, 0.717) is 11.8 Å². The monoisotopic (exact) mass is 203 g/mol. The van der Waals surface area contributed by atoms with Gasteiger partial charge in [0.1, 0.15) is 5.75 Å². The highest BCUT2D eigenvalue weighted by molar-refractivity contribution is 5.83. The predicted octanol–water partition coefficient (Wildman–Crippen LogP) is 2.16. The first-order chi connectivity index (χ1) is 7.35. The first kappa shape index (κ1) is 9.45. The summed E-state index contributed by atoms with van der Waals surface area (Å²) in [6.07, 6.45) is 2.15. The number of methoxy groups -OCH3 is 1. The van der Waals surface area contributed by atoms with Crippen LogP contribution in [0.25, 0.3) is 11.1 Å². The molecule has 0 radical (unpaired) electrons. The molecule has 76 valence electrons. The summed E-state index contributed by atoms with van der Waals surface area (Å²) in [7, 11) is 1.59. The van der Waals surface area contributed by atoms with E-state index in [9.17, 15) is 4.79 Å². The molecule has 0 N–H and O–H groups in total. The number of carbonyl (C=O) groups is 1. The number of benzene rings is 1. The lowest BCUT2D eigenvalue weighted by Crippen LogP contribution is -1.85. The Bertz CT molecular complexity index is 476. The van der Waals surface area contributed by atoms with Crippen molar-refractivity contribution in [2.45, 2.75) is 0 Å². The van der Waals surface area contributed by atoms with Gasteiger partial charge in [-0.25, -0.2) is 0 Å². The van der Waals surface area contributed by atoms with Crippen LogP contribution in [-0.4, -0.2) is 18.6 Å². The van der Waals surface area contributed by atoms with Gasteiger partial charge in [0.05, 0.1) is 18.9 Å². The minimum Gasteiger partial charge on any atom is -0.497 e. The predicted molar refractivity (Wildman–Crippen MR) is 53.9 cm³/mol.